The molecule has 2 N–H and O–H groups in total. The van der Waals surface area contributed by atoms with E-state index in [4.69, 9.17) is 0 Å². The SMILES string of the molecule is CN=C(NCCc1cn2ccccc2n1)NCC(C)c1cccs1. The largest absolute Gasteiger partial charge is 0.356 e. The van der Waals surface area contributed by atoms with E-state index in [1.54, 1.807) is 18.4 Å². The number of aliphatic imine (C=N–C) groups is 1. The summed E-state index contributed by atoms with van der Waals surface area (Å²) in [5.74, 6) is 1.31. The second kappa shape index (κ2) is 7.97. The molecule has 1 atom stereocenters. The number of fused-ring (bicyclic) bond motifs is 1. The summed E-state index contributed by atoms with van der Waals surface area (Å²) < 4.78 is 2.05. The third-order valence-corrected chi connectivity index (χ3v) is 5.02. The molecular formula is C18H23N5S. The van der Waals surface area contributed by atoms with Gasteiger partial charge in [-0.3, -0.25) is 4.99 Å². The third-order valence-electron chi connectivity index (χ3n) is 3.92. The van der Waals surface area contributed by atoms with Gasteiger partial charge in [0.25, 0.3) is 0 Å². The van der Waals surface area contributed by atoms with Crippen molar-refractivity contribution in [3.8, 4) is 0 Å². The molecule has 3 rings (SSSR count). The summed E-state index contributed by atoms with van der Waals surface area (Å²) in [6.07, 6.45) is 4.96. The first-order valence-electron chi connectivity index (χ1n) is 8.17. The molecule has 126 valence electrons. The van der Waals surface area contributed by atoms with Crippen LogP contribution >= 0.6 is 11.3 Å². The van der Waals surface area contributed by atoms with Crippen LogP contribution in [0.5, 0.6) is 0 Å². The summed E-state index contributed by atoms with van der Waals surface area (Å²) in [5.41, 5.74) is 2.07. The van der Waals surface area contributed by atoms with Crippen LogP contribution in [-0.4, -0.2) is 35.5 Å². The highest BCUT2D eigenvalue weighted by molar-refractivity contribution is 7.10. The highest BCUT2D eigenvalue weighted by Gasteiger charge is 2.07. The molecular weight excluding hydrogens is 318 g/mol. The highest BCUT2D eigenvalue weighted by Crippen LogP contribution is 2.19. The summed E-state index contributed by atoms with van der Waals surface area (Å²) in [6, 6.07) is 10.3. The molecule has 0 saturated carbocycles. The van der Waals surface area contributed by atoms with Crippen LogP contribution in [0.4, 0.5) is 0 Å². The lowest BCUT2D eigenvalue weighted by molar-refractivity contribution is 0.706. The lowest BCUT2D eigenvalue weighted by atomic mass is 10.1. The van der Waals surface area contributed by atoms with E-state index in [1.165, 1.54) is 4.88 Å². The average molecular weight is 341 g/mol. The lowest BCUT2D eigenvalue weighted by Gasteiger charge is -2.14. The Morgan fingerprint density at radius 1 is 1.29 bits per heavy atom. The maximum atomic E-state index is 4.61. The molecule has 6 heteroatoms. The monoisotopic (exact) mass is 341 g/mol. The van der Waals surface area contributed by atoms with Gasteiger partial charge in [-0.2, -0.15) is 0 Å². The van der Waals surface area contributed by atoms with Gasteiger partial charge in [0.2, 0.25) is 0 Å². The molecule has 0 bridgehead atoms. The summed E-state index contributed by atoms with van der Waals surface area (Å²) in [6.45, 7) is 3.90. The second-order valence-corrected chi connectivity index (χ2v) is 6.72. The molecule has 5 nitrogen and oxygen atoms in total. The topological polar surface area (TPSA) is 53.7 Å². The second-order valence-electron chi connectivity index (χ2n) is 5.74. The predicted molar refractivity (Wildman–Crippen MR) is 101 cm³/mol. The molecule has 0 aromatic carbocycles. The van der Waals surface area contributed by atoms with Crippen molar-refractivity contribution >= 4 is 22.9 Å². The van der Waals surface area contributed by atoms with Crippen molar-refractivity contribution in [2.45, 2.75) is 19.3 Å². The molecule has 3 aromatic rings. The van der Waals surface area contributed by atoms with Crippen LogP contribution in [0.3, 0.4) is 0 Å². The van der Waals surface area contributed by atoms with Gasteiger partial charge >= 0.3 is 0 Å². The average Bonchev–Trinajstić information content (AvgIpc) is 3.26. The first-order chi connectivity index (χ1) is 11.8. The number of imidazole rings is 1. The van der Waals surface area contributed by atoms with Crippen molar-refractivity contribution in [3.05, 3.63) is 58.7 Å². The zero-order valence-electron chi connectivity index (χ0n) is 14.1. The number of rotatable bonds is 6. The number of guanidine groups is 1. The number of nitrogens with one attached hydrogen (secondary N) is 2. The van der Waals surface area contributed by atoms with E-state index >= 15 is 0 Å². The maximum Gasteiger partial charge on any atom is 0.191 e. The fraction of sp³-hybridized carbons (Fsp3) is 0.333. The Balaban J connectivity index is 1.45. The molecule has 24 heavy (non-hydrogen) atoms. The van der Waals surface area contributed by atoms with Crippen molar-refractivity contribution in [2.24, 2.45) is 4.99 Å². The van der Waals surface area contributed by atoms with Crippen LogP contribution in [0.1, 0.15) is 23.4 Å². The van der Waals surface area contributed by atoms with Crippen molar-refractivity contribution < 1.29 is 0 Å². The first kappa shape index (κ1) is 16.5. The van der Waals surface area contributed by atoms with E-state index < -0.39 is 0 Å². The Bertz CT molecular complexity index is 758. The maximum absolute atomic E-state index is 4.61. The third kappa shape index (κ3) is 4.14. The molecule has 0 amide bonds. The standard InChI is InChI=1S/C18H23N5S/c1-14(16-6-5-11-24-16)12-21-18(19-2)20-9-8-15-13-23-10-4-3-7-17(23)22-15/h3-7,10-11,13-14H,8-9,12H2,1-2H3,(H2,19,20,21). The minimum atomic E-state index is 0.474. The Kier molecular flexibility index (Phi) is 5.48. The Morgan fingerprint density at radius 2 is 2.21 bits per heavy atom. The number of pyridine rings is 1. The molecule has 0 aliphatic carbocycles. The van der Waals surface area contributed by atoms with Crippen molar-refractivity contribution in [1.82, 2.24) is 20.0 Å². The van der Waals surface area contributed by atoms with E-state index in [-0.39, 0.29) is 0 Å². The van der Waals surface area contributed by atoms with Gasteiger partial charge in [-0.05, 0) is 23.6 Å². The fourth-order valence-electron chi connectivity index (χ4n) is 2.56. The van der Waals surface area contributed by atoms with Crippen LogP contribution in [0.2, 0.25) is 0 Å². The van der Waals surface area contributed by atoms with Gasteiger partial charge in [0.15, 0.2) is 5.96 Å². The van der Waals surface area contributed by atoms with Crippen LogP contribution in [0.25, 0.3) is 5.65 Å². The normalized spacial score (nSPS) is 13.2. The lowest BCUT2D eigenvalue weighted by Crippen LogP contribution is -2.39. The van der Waals surface area contributed by atoms with Crippen LogP contribution < -0.4 is 10.6 Å². The molecule has 1 unspecified atom stereocenters. The first-order valence-corrected chi connectivity index (χ1v) is 9.05. The number of hydrogen-bond acceptors (Lipinski definition) is 3. The van der Waals surface area contributed by atoms with Gasteiger partial charge in [0.05, 0.1) is 5.69 Å². The Hall–Kier alpha value is -2.34. The number of nitrogens with zero attached hydrogens (tertiary/aromatic N) is 3. The van der Waals surface area contributed by atoms with E-state index in [9.17, 15) is 0 Å². The molecule has 3 heterocycles. The summed E-state index contributed by atoms with van der Waals surface area (Å²) in [7, 11) is 1.80. The molecule has 0 spiro atoms. The van der Waals surface area contributed by atoms with Gasteiger partial charge < -0.3 is 15.0 Å². The van der Waals surface area contributed by atoms with Gasteiger partial charge in [-0.1, -0.05) is 19.1 Å². The molecule has 0 aliphatic rings. The Labute approximate surface area is 146 Å². The van der Waals surface area contributed by atoms with E-state index in [0.717, 1.165) is 36.8 Å². The highest BCUT2D eigenvalue weighted by atomic mass is 32.1. The minimum absolute atomic E-state index is 0.474. The molecule has 0 aliphatic heterocycles. The number of hydrogen-bond donors (Lipinski definition) is 2. The van der Waals surface area contributed by atoms with Gasteiger partial charge in [-0.15, -0.1) is 11.3 Å². The number of aromatic nitrogens is 2. The smallest absolute Gasteiger partial charge is 0.191 e. The number of thiophene rings is 1. The van der Waals surface area contributed by atoms with Crippen LogP contribution in [0.15, 0.2) is 53.1 Å². The molecule has 0 saturated heterocycles. The van der Waals surface area contributed by atoms with E-state index in [2.05, 4.69) is 51.2 Å². The predicted octanol–water partition coefficient (Wildman–Crippen LogP) is 2.91. The van der Waals surface area contributed by atoms with E-state index in [1.807, 2.05) is 28.8 Å². The zero-order chi connectivity index (χ0) is 16.8. The quantitative estimate of drug-likeness (QED) is 0.535. The fourth-order valence-corrected chi connectivity index (χ4v) is 3.35. The van der Waals surface area contributed by atoms with Crippen molar-refractivity contribution in [2.75, 3.05) is 20.1 Å². The van der Waals surface area contributed by atoms with Gasteiger partial charge in [0.1, 0.15) is 5.65 Å². The van der Waals surface area contributed by atoms with Crippen LogP contribution in [-0.2, 0) is 6.42 Å². The summed E-state index contributed by atoms with van der Waals surface area (Å²) >= 11 is 1.80. The Morgan fingerprint density at radius 3 is 2.96 bits per heavy atom. The zero-order valence-corrected chi connectivity index (χ0v) is 14.9. The van der Waals surface area contributed by atoms with Crippen molar-refractivity contribution in [3.63, 3.8) is 0 Å². The summed E-state index contributed by atoms with van der Waals surface area (Å²) in [4.78, 5) is 10.3. The van der Waals surface area contributed by atoms with Gasteiger partial charge in [-0.25, -0.2) is 4.98 Å². The molecule has 0 fully saturated rings. The van der Waals surface area contributed by atoms with Gasteiger partial charge in [0, 0.05) is 49.7 Å². The van der Waals surface area contributed by atoms with Crippen LogP contribution in [0, 0.1) is 0 Å². The molecule has 0 radical (unpaired) electrons. The van der Waals surface area contributed by atoms with E-state index in [0.29, 0.717) is 5.92 Å². The molecule has 3 aromatic heterocycles. The summed E-state index contributed by atoms with van der Waals surface area (Å²) in [5, 5.41) is 8.86. The van der Waals surface area contributed by atoms with Crippen molar-refractivity contribution in [1.29, 1.82) is 0 Å². The minimum Gasteiger partial charge on any atom is -0.356 e.